The Morgan fingerprint density at radius 3 is 2.74 bits per heavy atom. The van der Waals surface area contributed by atoms with Crippen molar-refractivity contribution in [3.8, 4) is 5.75 Å². The molecule has 0 aromatic heterocycles. The van der Waals surface area contributed by atoms with Gasteiger partial charge in [0.05, 0.1) is 12.6 Å². The fourth-order valence-corrected chi connectivity index (χ4v) is 2.62. The van der Waals surface area contributed by atoms with E-state index < -0.39 is 0 Å². The summed E-state index contributed by atoms with van der Waals surface area (Å²) in [6, 6.07) is 6.94. The molecule has 1 unspecified atom stereocenters. The van der Waals surface area contributed by atoms with Crippen LogP contribution in [0.4, 0.5) is 0 Å². The highest BCUT2D eigenvalue weighted by atomic mass is 16.5. The average Bonchev–Trinajstić information content (AvgIpc) is 2.82. The molecule has 19 heavy (non-hydrogen) atoms. The Balaban J connectivity index is 2.34. The molecule has 2 rings (SSSR count). The zero-order valence-electron chi connectivity index (χ0n) is 12.8. The van der Waals surface area contributed by atoms with Gasteiger partial charge in [0.2, 0.25) is 0 Å². The molecule has 1 aromatic rings. The number of ether oxygens (including phenoxy) is 1. The summed E-state index contributed by atoms with van der Waals surface area (Å²) in [5, 5.41) is 3.63. The Hall–Kier alpha value is -1.06. The summed E-state index contributed by atoms with van der Waals surface area (Å²) in [5.41, 5.74) is 2.75. The molecule has 0 aliphatic carbocycles. The molecule has 1 N–H and O–H groups in total. The molecule has 0 spiro atoms. The molecule has 3 heteroatoms. The monoisotopic (exact) mass is 262 g/mol. The largest absolute Gasteiger partial charge is 0.493 e. The summed E-state index contributed by atoms with van der Waals surface area (Å²) in [4.78, 5) is 2.28. The molecule has 0 radical (unpaired) electrons. The third kappa shape index (κ3) is 2.77. The van der Waals surface area contributed by atoms with Crippen molar-refractivity contribution in [2.45, 2.75) is 38.8 Å². The molecule has 1 aliphatic rings. The number of hydrogen-bond donors (Lipinski definition) is 1. The summed E-state index contributed by atoms with van der Waals surface area (Å²) in [5.74, 6) is 1.06. The maximum atomic E-state index is 5.60. The number of fused-ring (bicyclic) bond motifs is 1. The molecule has 1 aromatic carbocycles. The first-order valence-corrected chi connectivity index (χ1v) is 7.13. The van der Waals surface area contributed by atoms with Gasteiger partial charge in [-0.1, -0.05) is 19.1 Å². The molecule has 0 saturated heterocycles. The topological polar surface area (TPSA) is 24.5 Å². The molecular formula is C16H26N2O. The van der Waals surface area contributed by atoms with Gasteiger partial charge < -0.3 is 15.0 Å². The summed E-state index contributed by atoms with van der Waals surface area (Å²) < 4.78 is 5.60. The van der Waals surface area contributed by atoms with E-state index in [1.165, 1.54) is 11.1 Å². The Kier molecular flexibility index (Phi) is 4.16. The fourth-order valence-electron chi connectivity index (χ4n) is 2.62. The zero-order valence-corrected chi connectivity index (χ0v) is 12.8. The van der Waals surface area contributed by atoms with Gasteiger partial charge in [0.1, 0.15) is 5.75 Å². The lowest BCUT2D eigenvalue weighted by molar-refractivity contribution is 0.139. The number of hydrogen-bond acceptors (Lipinski definition) is 3. The van der Waals surface area contributed by atoms with Crippen LogP contribution in [0.15, 0.2) is 18.2 Å². The van der Waals surface area contributed by atoms with Gasteiger partial charge in [0.15, 0.2) is 0 Å². The van der Waals surface area contributed by atoms with Crippen molar-refractivity contribution in [3.63, 3.8) is 0 Å². The van der Waals surface area contributed by atoms with E-state index in [0.29, 0.717) is 6.04 Å². The van der Waals surface area contributed by atoms with Crippen LogP contribution < -0.4 is 10.1 Å². The van der Waals surface area contributed by atoms with Crippen LogP contribution in [0.2, 0.25) is 0 Å². The highest BCUT2D eigenvalue weighted by molar-refractivity contribution is 5.41. The van der Waals surface area contributed by atoms with Crippen LogP contribution in [0.3, 0.4) is 0 Å². The number of nitrogens with one attached hydrogen (secondary N) is 1. The third-order valence-electron chi connectivity index (χ3n) is 4.31. The molecule has 0 bridgehead atoms. The van der Waals surface area contributed by atoms with Gasteiger partial charge in [-0.05, 0) is 51.7 Å². The number of likely N-dealkylation sites (N-methyl/N-ethyl adjacent to an activating group) is 2. The van der Waals surface area contributed by atoms with Crippen molar-refractivity contribution in [3.05, 3.63) is 29.3 Å². The van der Waals surface area contributed by atoms with Crippen LogP contribution in [-0.4, -0.2) is 37.7 Å². The Bertz CT molecular complexity index is 440. The molecule has 0 amide bonds. The number of benzene rings is 1. The van der Waals surface area contributed by atoms with Gasteiger partial charge in [-0.25, -0.2) is 0 Å². The summed E-state index contributed by atoms with van der Waals surface area (Å²) >= 11 is 0. The SMILES string of the molecule is CCNC(c1ccc2c(c1)CCO2)C(C)(C)N(C)C. The van der Waals surface area contributed by atoms with Crippen molar-refractivity contribution < 1.29 is 4.74 Å². The van der Waals surface area contributed by atoms with Crippen molar-refractivity contribution in [1.29, 1.82) is 0 Å². The minimum Gasteiger partial charge on any atom is -0.493 e. The van der Waals surface area contributed by atoms with Gasteiger partial charge >= 0.3 is 0 Å². The minimum atomic E-state index is 0.0592. The maximum absolute atomic E-state index is 5.60. The Labute approximate surface area is 116 Å². The highest BCUT2D eigenvalue weighted by Crippen LogP contribution is 2.33. The third-order valence-corrected chi connectivity index (χ3v) is 4.31. The van der Waals surface area contributed by atoms with Crippen LogP contribution in [0.25, 0.3) is 0 Å². The van der Waals surface area contributed by atoms with Crippen molar-refractivity contribution >= 4 is 0 Å². The second kappa shape index (κ2) is 5.51. The quantitative estimate of drug-likeness (QED) is 0.883. The van der Waals surface area contributed by atoms with E-state index in [0.717, 1.165) is 25.3 Å². The van der Waals surface area contributed by atoms with E-state index in [4.69, 9.17) is 4.74 Å². The summed E-state index contributed by atoms with van der Waals surface area (Å²) in [7, 11) is 4.28. The van der Waals surface area contributed by atoms with Gasteiger partial charge in [0.25, 0.3) is 0 Å². The van der Waals surface area contributed by atoms with Crippen molar-refractivity contribution in [1.82, 2.24) is 10.2 Å². The molecule has 1 atom stereocenters. The highest BCUT2D eigenvalue weighted by Gasteiger charge is 2.32. The Morgan fingerprint density at radius 2 is 2.11 bits per heavy atom. The fraction of sp³-hybridized carbons (Fsp3) is 0.625. The first-order chi connectivity index (χ1) is 8.96. The van der Waals surface area contributed by atoms with Crippen LogP contribution in [0.1, 0.15) is 37.9 Å². The van der Waals surface area contributed by atoms with Crippen LogP contribution in [0, 0.1) is 0 Å². The molecule has 1 aliphatic heterocycles. The normalized spacial score (nSPS) is 16.3. The lowest BCUT2D eigenvalue weighted by atomic mass is 9.86. The lowest BCUT2D eigenvalue weighted by Crippen LogP contribution is -2.49. The van der Waals surface area contributed by atoms with Crippen LogP contribution in [-0.2, 0) is 6.42 Å². The van der Waals surface area contributed by atoms with E-state index >= 15 is 0 Å². The molecule has 0 fully saturated rings. The van der Waals surface area contributed by atoms with Crippen LogP contribution >= 0.6 is 0 Å². The number of rotatable bonds is 5. The summed E-state index contributed by atoms with van der Waals surface area (Å²) in [6.45, 7) is 8.51. The van der Waals surface area contributed by atoms with Gasteiger partial charge in [-0.15, -0.1) is 0 Å². The van der Waals surface area contributed by atoms with E-state index in [2.05, 4.69) is 63.3 Å². The smallest absolute Gasteiger partial charge is 0.122 e. The summed E-state index contributed by atoms with van der Waals surface area (Å²) in [6.07, 6.45) is 1.03. The second-order valence-corrected chi connectivity index (χ2v) is 6.00. The zero-order chi connectivity index (χ0) is 14.0. The van der Waals surface area contributed by atoms with Gasteiger partial charge in [-0.2, -0.15) is 0 Å². The van der Waals surface area contributed by atoms with E-state index in [9.17, 15) is 0 Å². The van der Waals surface area contributed by atoms with Crippen LogP contribution in [0.5, 0.6) is 5.75 Å². The predicted molar refractivity (Wildman–Crippen MR) is 79.8 cm³/mol. The Morgan fingerprint density at radius 1 is 1.37 bits per heavy atom. The number of nitrogens with zero attached hydrogens (tertiary/aromatic N) is 1. The standard InChI is InChI=1S/C16H26N2O/c1-6-17-15(16(2,3)18(4)5)13-7-8-14-12(11-13)9-10-19-14/h7-8,11,15,17H,6,9-10H2,1-5H3. The molecule has 3 nitrogen and oxygen atoms in total. The second-order valence-electron chi connectivity index (χ2n) is 6.00. The molecule has 106 valence electrons. The predicted octanol–water partition coefficient (Wildman–Crippen LogP) is 2.61. The molecule has 1 heterocycles. The average molecular weight is 262 g/mol. The molecule has 0 saturated carbocycles. The first-order valence-electron chi connectivity index (χ1n) is 7.13. The van der Waals surface area contributed by atoms with E-state index in [1.807, 2.05) is 0 Å². The van der Waals surface area contributed by atoms with Crippen molar-refractivity contribution in [2.24, 2.45) is 0 Å². The van der Waals surface area contributed by atoms with Gasteiger partial charge in [0, 0.05) is 12.0 Å². The van der Waals surface area contributed by atoms with E-state index in [-0.39, 0.29) is 5.54 Å². The first kappa shape index (κ1) is 14.4. The molecular weight excluding hydrogens is 236 g/mol. The van der Waals surface area contributed by atoms with Gasteiger partial charge in [-0.3, -0.25) is 0 Å². The van der Waals surface area contributed by atoms with Crippen molar-refractivity contribution in [2.75, 3.05) is 27.2 Å². The minimum absolute atomic E-state index is 0.0592. The maximum Gasteiger partial charge on any atom is 0.122 e. The van der Waals surface area contributed by atoms with E-state index in [1.54, 1.807) is 0 Å². The lowest BCUT2D eigenvalue weighted by Gasteiger charge is -2.41.